The average Bonchev–Trinajstić information content (AvgIpc) is 3.43. The maximum atomic E-state index is 6.24. The van der Waals surface area contributed by atoms with Crippen molar-refractivity contribution in [3.8, 4) is 5.75 Å². The molecule has 0 aromatic heterocycles. The highest BCUT2D eigenvalue weighted by molar-refractivity contribution is 9.10. The number of rotatable bonds is 6. The van der Waals surface area contributed by atoms with Gasteiger partial charge < -0.3 is 10.1 Å². The van der Waals surface area contributed by atoms with Gasteiger partial charge in [0.15, 0.2) is 0 Å². The van der Waals surface area contributed by atoms with Gasteiger partial charge in [-0.25, -0.2) is 0 Å². The van der Waals surface area contributed by atoms with E-state index in [-0.39, 0.29) is 6.04 Å². The number of nitrogens with one attached hydrogen (secondary N) is 1. The van der Waals surface area contributed by atoms with E-state index in [4.69, 9.17) is 21.3 Å². The highest BCUT2D eigenvalue weighted by Gasteiger charge is 2.37. The minimum absolute atomic E-state index is 0.289. The van der Waals surface area contributed by atoms with Crippen LogP contribution in [0.5, 0.6) is 5.75 Å². The first-order valence-corrected chi connectivity index (χ1v) is 14.1. The van der Waals surface area contributed by atoms with Crippen molar-refractivity contribution in [2.24, 2.45) is 10.9 Å². The smallest absolute Gasteiger partial charge is 0.134 e. The van der Waals surface area contributed by atoms with Gasteiger partial charge in [-0.05, 0) is 94.3 Å². The number of fused-ring (bicyclic) bond motifs is 3. The van der Waals surface area contributed by atoms with Crippen molar-refractivity contribution >= 4 is 45.1 Å². The molecular weight excluding hydrogens is 556 g/mol. The molecule has 4 aromatic carbocycles. The van der Waals surface area contributed by atoms with Gasteiger partial charge in [0, 0.05) is 28.4 Å². The fourth-order valence-electron chi connectivity index (χ4n) is 5.45. The molecule has 0 unspecified atom stereocenters. The second kappa shape index (κ2) is 10.8. The lowest BCUT2D eigenvalue weighted by molar-refractivity contribution is 0.304. The molecule has 0 bridgehead atoms. The van der Waals surface area contributed by atoms with Crippen LogP contribution in [-0.2, 0) is 6.61 Å². The van der Waals surface area contributed by atoms with Crippen LogP contribution in [0.1, 0.15) is 46.2 Å². The van der Waals surface area contributed by atoms with Crippen LogP contribution in [0, 0.1) is 12.8 Å². The van der Waals surface area contributed by atoms with E-state index in [2.05, 4.69) is 82.8 Å². The Bertz CT molecular complexity index is 1530. The number of benzene rings is 4. The van der Waals surface area contributed by atoms with Gasteiger partial charge in [-0.15, -0.1) is 0 Å². The predicted octanol–water partition coefficient (Wildman–Crippen LogP) is 9.57. The summed E-state index contributed by atoms with van der Waals surface area (Å²) in [7, 11) is 0. The molecule has 0 spiro atoms. The first-order valence-electron chi connectivity index (χ1n) is 12.9. The van der Waals surface area contributed by atoms with E-state index >= 15 is 0 Å². The normalized spacial score (nSPS) is 19.7. The molecule has 4 aromatic rings. The number of ether oxygens (including phenoxy) is 1. The zero-order chi connectivity index (χ0) is 26.1. The lowest BCUT2D eigenvalue weighted by atomic mass is 9.76. The van der Waals surface area contributed by atoms with Crippen LogP contribution in [0.3, 0.4) is 0 Å². The Morgan fingerprint density at radius 2 is 1.87 bits per heavy atom. The molecule has 5 heteroatoms. The maximum Gasteiger partial charge on any atom is 0.134 e. The van der Waals surface area contributed by atoms with Gasteiger partial charge in [0.25, 0.3) is 0 Å². The summed E-state index contributed by atoms with van der Waals surface area (Å²) in [5.74, 6) is 1.78. The summed E-state index contributed by atoms with van der Waals surface area (Å²) < 4.78 is 6.84. The minimum atomic E-state index is 0.289. The summed E-state index contributed by atoms with van der Waals surface area (Å²) in [6, 6.07) is 29.3. The van der Waals surface area contributed by atoms with E-state index in [0.717, 1.165) is 33.5 Å². The standard InChI is InChI=1S/C33H28BrClN2O/c1-21-9-15-31-28(17-21)26-6-4-7-27(26)33(37-31)23-11-13-25(14-12-23)36-19-22-10-16-32(29(34)18-22)38-20-24-5-2-3-8-30(24)35/h2-6,8-19,26-27,33,37H,7,20H2,1H3/t26-,27+,33-/m1/s1. The first kappa shape index (κ1) is 25.0. The number of aryl methyl sites for hydroxylation is 1. The lowest BCUT2D eigenvalue weighted by Crippen LogP contribution is -2.29. The minimum Gasteiger partial charge on any atom is -0.488 e. The van der Waals surface area contributed by atoms with Crippen LogP contribution >= 0.6 is 27.5 Å². The van der Waals surface area contributed by atoms with E-state index in [0.29, 0.717) is 23.5 Å². The van der Waals surface area contributed by atoms with Gasteiger partial charge in [-0.1, -0.05) is 71.8 Å². The lowest BCUT2D eigenvalue weighted by Gasteiger charge is -2.37. The van der Waals surface area contributed by atoms with Crippen molar-refractivity contribution < 1.29 is 4.74 Å². The number of hydrogen-bond donors (Lipinski definition) is 1. The fourth-order valence-corrected chi connectivity index (χ4v) is 6.15. The summed E-state index contributed by atoms with van der Waals surface area (Å²) in [6.45, 7) is 2.58. The van der Waals surface area contributed by atoms with Crippen LogP contribution < -0.4 is 10.1 Å². The van der Waals surface area contributed by atoms with E-state index in [1.54, 1.807) is 0 Å². The highest BCUT2D eigenvalue weighted by Crippen LogP contribution is 2.50. The molecule has 190 valence electrons. The number of nitrogens with zero attached hydrogens (tertiary/aromatic N) is 1. The number of anilines is 1. The molecule has 0 amide bonds. The summed E-state index contributed by atoms with van der Waals surface area (Å²) >= 11 is 9.87. The third-order valence-electron chi connectivity index (χ3n) is 7.43. The van der Waals surface area contributed by atoms with E-state index in [1.165, 1.54) is 22.4 Å². The zero-order valence-corrected chi connectivity index (χ0v) is 23.4. The van der Waals surface area contributed by atoms with Crippen LogP contribution in [0.15, 0.2) is 107 Å². The van der Waals surface area contributed by atoms with Gasteiger partial charge in [-0.2, -0.15) is 0 Å². The van der Waals surface area contributed by atoms with Crippen molar-refractivity contribution in [3.63, 3.8) is 0 Å². The van der Waals surface area contributed by atoms with Crippen LogP contribution in [-0.4, -0.2) is 6.21 Å². The van der Waals surface area contributed by atoms with E-state index in [9.17, 15) is 0 Å². The molecule has 2 aliphatic rings. The van der Waals surface area contributed by atoms with Crippen LogP contribution in [0.25, 0.3) is 0 Å². The van der Waals surface area contributed by atoms with Gasteiger partial charge in [-0.3, -0.25) is 4.99 Å². The number of aliphatic imine (C=N–C) groups is 1. The summed E-state index contributed by atoms with van der Waals surface area (Å²) in [4.78, 5) is 4.71. The second-order valence-electron chi connectivity index (χ2n) is 9.99. The molecule has 6 rings (SSSR count). The van der Waals surface area contributed by atoms with Gasteiger partial charge >= 0.3 is 0 Å². The van der Waals surface area contributed by atoms with Crippen molar-refractivity contribution in [1.29, 1.82) is 0 Å². The summed E-state index contributed by atoms with van der Waals surface area (Å²) in [5, 5.41) is 4.53. The molecule has 0 saturated heterocycles. The van der Waals surface area contributed by atoms with Gasteiger partial charge in [0.05, 0.1) is 16.2 Å². The largest absolute Gasteiger partial charge is 0.488 e. The maximum absolute atomic E-state index is 6.24. The third kappa shape index (κ3) is 5.16. The predicted molar refractivity (Wildman–Crippen MR) is 161 cm³/mol. The Kier molecular flexibility index (Phi) is 7.10. The monoisotopic (exact) mass is 582 g/mol. The van der Waals surface area contributed by atoms with Crippen molar-refractivity contribution in [1.82, 2.24) is 0 Å². The molecular formula is C33H28BrClN2O. The molecule has 38 heavy (non-hydrogen) atoms. The number of allylic oxidation sites excluding steroid dienone is 2. The Hall–Kier alpha value is -3.34. The Morgan fingerprint density at radius 3 is 2.68 bits per heavy atom. The van der Waals surface area contributed by atoms with Crippen LogP contribution in [0.4, 0.5) is 11.4 Å². The van der Waals surface area contributed by atoms with Crippen molar-refractivity contribution in [2.75, 3.05) is 5.32 Å². The van der Waals surface area contributed by atoms with Gasteiger partial charge in [0.2, 0.25) is 0 Å². The molecule has 0 fully saturated rings. The number of hydrogen-bond acceptors (Lipinski definition) is 3. The molecule has 1 aliphatic heterocycles. The molecule has 3 nitrogen and oxygen atoms in total. The molecule has 1 heterocycles. The first-order chi connectivity index (χ1) is 18.5. The summed E-state index contributed by atoms with van der Waals surface area (Å²) in [5.41, 5.74) is 8.17. The number of halogens is 2. The van der Waals surface area contributed by atoms with Gasteiger partial charge in [0.1, 0.15) is 12.4 Å². The molecule has 3 atom stereocenters. The SMILES string of the molecule is Cc1ccc2c(c1)[C@@H]1C=CC[C@@H]1[C@@H](c1ccc(N=Cc3ccc(OCc4ccccc4Cl)c(Br)c3)cc1)N2. The molecule has 1 N–H and O–H groups in total. The fraction of sp³-hybridized carbons (Fsp3) is 0.182. The highest BCUT2D eigenvalue weighted by atomic mass is 79.9. The quantitative estimate of drug-likeness (QED) is 0.181. The Morgan fingerprint density at radius 1 is 1.03 bits per heavy atom. The Labute approximate surface area is 237 Å². The third-order valence-corrected chi connectivity index (χ3v) is 8.42. The average molecular weight is 584 g/mol. The molecule has 0 radical (unpaired) electrons. The van der Waals surface area contributed by atoms with Crippen LogP contribution in [0.2, 0.25) is 5.02 Å². The van der Waals surface area contributed by atoms with Crippen molar-refractivity contribution in [2.45, 2.75) is 31.9 Å². The topological polar surface area (TPSA) is 33.6 Å². The van der Waals surface area contributed by atoms with E-state index < -0.39 is 0 Å². The zero-order valence-electron chi connectivity index (χ0n) is 21.1. The van der Waals surface area contributed by atoms with Crippen molar-refractivity contribution in [3.05, 3.63) is 134 Å². The molecule has 0 saturated carbocycles. The summed E-state index contributed by atoms with van der Waals surface area (Å²) in [6.07, 6.45) is 7.71. The molecule has 1 aliphatic carbocycles. The Balaban J connectivity index is 1.13. The second-order valence-corrected chi connectivity index (χ2v) is 11.2. The van der Waals surface area contributed by atoms with E-state index in [1.807, 2.05) is 48.7 Å².